The van der Waals surface area contributed by atoms with Crippen molar-refractivity contribution < 1.29 is 4.57 Å². The van der Waals surface area contributed by atoms with Crippen LogP contribution in [0.15, 0.2) is 18.2 Å². The Balaban J connectivity index is 2.44. The minimum absolute atomic E-state index is 1.000. The van der Waals surface area contributed by atoms with Crippen LogP contribution in [0, 0.1) is 0 Å². The number of nitrogens with one attached hydrogen (secondary N) is 1. The van der Waals surface area contributed by atoms with E-state index in [4.69, 9.17) is 0 Å². The summed E-state index contributed by atoms with van der Waals surface area (Å²) in [6, 6.07) is 6.14. The minimum atomic E-state index is -2.09. The maximum Gasteiger partial charge on any atom is 0.109 e. The maximum atomic E-state index is 11.9. The van der Waals surface area contributed by atoms with Gasteiger partial charge in [-0.05, 0) is 49.9 Å². The van der Waals surface area contributed by atoms with E-state index in [-0.39, 0.29) is 0 Å². The lowest BCUT2D eigenvalue weighted by Gasteiger charge is -2.19. The number of hydrogen-bond donors (Lipinski definition) is 1. The van der Waals surface area contributed by atoms with E-state index >= 15 is 0 Å². The molecule has 1 aromatic rings. The SMILES string of the molecule is CP(C)(=O)c1ccc2c(c1)CCCN2. The molecule has 0 aromatic heterocycles. The molecule has 2 rings (SSSR count). The Morgan fingerprint density at radius 1 is 1.36 bits per heavy atom. The molecule has 1 aromatic carbocycles. The molecule has 1 aliphatic heterocycles. The molecule has 0 aliphatic carbocycles. The van der Waals surface area contributed by atoms with E-state index in [0.717, 1.165) is 18.3 Å². The van der Waals surface area contributed by atoms with Crippen LogP contribution in [-0.2, 0) is 11.0 Å². The van der Waals surface area contributed by atoms with Crippen molar-refractivity contribution in [3.63, 3.8) is 0 Å². The lowest BCUT2D eigenvalue weighted by Crippen LogP contribution is -2.14. The highest BCUT2D eigenvalue weighted by atomic mass is 31.2. The molecule has 1 heterocycles. The van der Waals surface area contributed by atoms with Crippen molar-refractivity contribution in [1.29, 1.82) is 0 Å². The number of aryl methyl sites for hydroxylation is 1. The summed E-state index contributed by atoms with van der Waals surface area (Å²) in [5, 5.41) is 4.35. The van der Waals surface area contributed by atoms with Gasteiger partial charge in [0.1, 0.15) is 7.14 Å². The van der Waals surface area contributed by atoms with Crippen molar-refractivity contribution in [3.8, 4) is 0 Å². The number of rotatable bonds is 1. The largest absolute Gasteiger partial charge is 0.385 e. The molecular weight excluding hydrogens is 193 g/mol. The smallest absolute Gasteiger partial charge is 0.109 e. The van der Waals surface area contributed by atoms with Crippen molar-refractivity contribution in [1.82, 2.24) is 0 Å². The van der Waals surface area contributed by atoms with Crippen LogP contribution >= 0.6 is 7.14 Å². The average molecular weight is 209 g/mol. The molecule has 0 fully saturated rings. The highest BCUT2D eigenvalue weighted by Crippen LogP contribution is 2.36. The number of anilines is 1. The second-order valence-corrected chi connectivity index (χ2v) is 7.44. The third-order valence-corrected chi connectivity index (χ3v) is 4.17. The van der Waals surface area contributed by atoms with Crippen LogP contribution in [0.5, 0.6) is 0 Å². The summed E-state index contributed by atoms with van der Waals surface area (Å²) in [6.07, 6.45) is 2.28. The first-order chi connectivity index (χ1) is 6.57. The summed E-state index contributed by atoms with van der Waals surface area (Å²) in [6.45, 7) is 4.71. The van der Waals surface area contributed by atoms with Crippen LogP contribution in [0.1, 0.15) is 12.0 Å². The van der Waals surface area contributed by atoms with Crippen molar-refractivity contribution in [2.75, 3.05) is 25.2 Å². The van der Waals surface area contributed by atoms with Gasteiger partial charge in [-0.2, -0.15) is 0 Å². The van der Waals surface area contributed by atoms with E-state index in [9.17, 15) is 4.57 Å². The van der Waals surface area contributed by atoms with Crippen LogP contribution in [0.3, 0.4) is 0 Å². The van der Waals surface area contributed by atoms with Gasteiger partial charge in [0.15, 0.2) is 0 Å². The Bertz CT molecular complexity index is 394. The molecule has 0 radical (unpaired) electrons. The van der Waals surface area contributed by atoms with Gasteiger partial charge in [-0.25, -0.2) is 0 Å². The molecule has 3 heteroatoms. The molecular formula is C11H16NOP. The van der Waals surface area contributed by atoms with Gasteiger partial charge in [-0.15, -0.1) is 0 Å². The van der Waals surface area contributed by atoms with E-state index in [2.05, 4.69) is 17.4 Å². The zero-order chi connectivity index (χ0) is 10.2. The molecule has 2 nitrogen and oxygen atoms in total. The van der Waals surface area contributed by atoms with Crippen LogP contribution in [0.25, 0.3) is 0 Å². The van der Waals surface area contributed by atoms with Crippen LogP contribution in [0.2, 0.25) is 0 Å². The first-order valence-electron chi connectivity index (χ1n) is 5.00. The van der Waals surface area contributed by atoms with Gasteiger partial charge >= 0.3 is 0 Å². The van der Waals surface area contributed by atoms with Crippen LogP contribution in [-0.4, -0.2) is 19.9 Å². The second-order valence-electron chi connectivity index (χ2n) is 4.22. The number of fused-ring (bicyclic) bond motifs is 1. The van der Waals surface area contributed by atoms with E-state index < -0.39 is 7.14 Å². The average Bonchev–Trinajstić information content (AvgIpc) is 2.16. The monoisotopic (exact) mass is 209 g/mol. The molecule has 0 saturated heterocycles. The molecule has 0 saturated carbocycles. The normalized spacial score (nSPS) is 15.9. The fraction of sp³-hybridized carbons (Fsp3) is 0.455. The standard InChI is InChI=1S/C11H16NOP/c1-14(2,13)10-5-6-11-9(8-10)4-3-7-12-11/h5-6,8,12H,3-4,7H2,1-2H3. The number of hydrogen-bond acceptors (Lipinski definition) is 2. The molecule has 1 N–H and O–H groups in total. The van der Waals surface area contributed by atoms with Crippen LogP contribution in [0.4, 0.5) is 5.69 Å². The van der Waals surface area contributed by atoms with E-state index in [1.165, 1.54) is 17.7 Å². The van der Waals surface area contributed by atoms with Crippen LogP contribution < -0.4 is 10.6 Å². The molecule has 0 unspecified atom stereocenters. The zero-order valence-electron chi connectivity index (χ0n) is 8.71. The lowest BCUT2D eigenvalue weighted by atomic mass is 10.0. The molecule has 14 heavy (non-hydrogen) atoms. The molecule has 0 amide bonds. The zero-order valence-corrected chi connectivity index (χ0v) is 9.60. The van der Waals surface area contributed by atoms with Crippen molar-refractivity contribution in [2.45, 2.75) is 12.8 Å². The van der Waals surface area contributed by atoms with Gasteiger partial charge in [0.25, 0.3) is 0 Å². The fourth-order valence-electron chi connectivity index (χ4n) is 1.80. The second kappa shape index (κ2) is 3.43. The Morgan fingerprint density at radius 2 is 2.14 bits per heavy atom. The summed E-state index contributed by atoms with van der Waals surface area (Å²) in [7, 11) is -2.09. The Kier molecular flexibility index (Phi) is 2.40. The van der Waals surface area contributed by atoms with Crippen molar-refractivity contribution in [2.24, 2.45) is 0 Å². The van der Waals surface area contributed by atoms with E-state index in [0.29, 0.717) is 0 Å². The fourth-order valence-corrected chi connectivity index (χ4v) is 2.70. The minimum Gasteiger partial charge on any atom is -0.385 e. The third-order valence-electron chi connectivity index (χ3n) is 2.65. The van der Waals surface area contributed by atoms with E-state index in [1.807, 2.05) is 19.4 Å². The van der Waals surface area contributed by atoms with Gasteiger partial charge < -0.3 is 9.88 Å². The molecule has 0 bridgehead atoms. The predicted molar refractivity (Wildman–Crippen MR) is 62.3 cm³/mol. The lowest BCUT2D eigenvalue weighted by molar-refractivity contribution is 0.588. The maximum absolute atomic E-state index is 11.9. The summed E-state index contributed by atoms with van der Waals surface area (Å²) in [5.41, 5.74) is 2.53. The van der Waals surface area contributed by atoms with Gasteiger partial charge in [0.05, 0.1) is 0 Å². The molecule has 0 atom stereocenters. The summed E-state index contributed by atoms with van der Waals surface area (Å²) < 4.78 is 11.9. The number of benzene rings is 1. The predicted octanol–water partition coefficient (Wildman–Crippen LogP) is 2.29. The Morgan fingerprint density at radius 3 is 2.86 bits per heavy atom. The molecule has 1 aliphatic rings. The summed E-state index contributed by atoms with van der Waals surface area (Å²) in [4.78, 5) is 0. The first kappa shape index (κ1) is 9.79. The highest BCUT2D eigenvalue weighted by Gasteiger charge is 2.14. The van der Waals surface area contributed by atoms with Crippen molar-refractivity contribution >= 4 is 18.1 Å². The summed E-state index contributed by atoms with van der Waals surface area (Å²) in [5.74, 6) is 0. The summed E-state index contributed by atoms with van der Waals surface area (Å²) >= 11 is 0. The van der Waals surface area contributed by atoms with E-state index in [1.54, 1.807) is 0 Å². The Labute approximate surface area is 85.1 Å². The first-order valence-corrected chi connectivity index (χ1v) is 7.60. The topological polar surface area (TPSA) is 29.1 Å². The highest BCUT2D eigenvalue weighted by molar-refractivity contribution is 7.70. The van der Waals surface area contributed by atoms with Gasteiger partial charge in [0, 0.05) is 17.5 Å². The molecule has 0 spiro atoms. The van der Waals surface area contributed by atoms with Gasteiger partial charge in [-0.1, -0.05) is 0 Å². The quantitative estimate of drug-likeness (QED) is 0.719. The molecule has 76 valence electrons. The van der Waals surface area contributed by atoms with Gasteiger partial charge in [0.2, 0.25) is 0 Å². The van der Waals surface area contributed by atoms with Crippen molar-refractivity contribution in [3.05, 3.63) is 23.8 Å². The van der Waals surface area contributed by atoms with Gasteiger partial charge in [-0.3, -0.25) is 0 Å². The third kappa shape index (κ3) is 1.85. The Hall–Kier alpha value is -0.750.